The number of nitrogens with zero attached hydrogens (tertiary/aromatic N) is 1. The molecule has 4 heteroatoms. The van der Waals surface area contributed by atoms with Crippen LogP contribution in [0.25, 0.3) is 0 Å². The van der Waals surface area contributed by atoms with Gasteiger partial charge < -0.3 is 11.1 Å². The van der Waals surface area contributed by atoms with Gasteiger partial charge in [0.05, 0.1) is 5.56 Å². The Bertz CT molecular complexity index is 549. The fourth-order valence-corrected chi connectivity index (χ4v) is 1.57. The molecular weight excluding hydrogens is 226 g/mol. The summed E-state index contributed by atoms with van der Waals surface area (Å²) in [6.45, 7) is 2.30. The van der Waals surface area contributed by atoms with Crippen molar-refractivity contribution in [2.45, 2.75) is 13.5 Å². The highest BCUT2D eigenvalue weighted by Crippen LogP contribution is 2.10. The number of hydrogen-bond donors (Lipinski definition) is 2. The molecule has 1 aromatic heterocycles. The summed E-state index contributed by atoms with van der Waals surface area (Å²) >= 11 is 0. The minimum atomic E-state index is -0.147. The zero-order valence-electron chi connectivity index (χ0n) is 10.2. The largest absolute Gasteiger partial charge is 0.398 e. The highest BCUT2D eigenvalue weighted by molar-refractivity contribution is 5.93. The van der Waals surface area contributed by atoms with E-state index < -0.39 is 0 Å². The molecule has 3 N–H and O–H groups in total. The van der Waals surface area contributed by atoms with Crippen LogP contribution in [0.4, 0.5) is 5.69 Å². The Labute approximate surface area is 106 Å². The van der Waals surface area contributed by atoms with Crippen LogP contribution in [-0.4, -0.2) is 10.9 Å². The van der Waals surface area contributed by atoms with Gasteiger partial charge in [-0.25, -0.2) is 0 Å². The number of nitrogen functional groups attached to an aromatic ring is 1. The molecule has 92 valence electrons. The molecule has 0 aliphatic carbocycles. The van der Waals surface area contributed by atoms with Gasteiger partial charge in [0.25, 0.3) is 5.91 Å². The number of carbonyl (C=O) groups excluding carboxylic acids is 1. The lowest BCUT2D eigenvalue weighted by Gasteiger charge is -2.07. The van der Waals surface area contributed by atoms with E-state index in [1.165, 1.54) is 0 Å². The van der Waals surface area contributed by atoms with E-state index in [2.05, 4.69) is 10.3 Å². The molecule has 0 fully saturated rings. The molecule has 0 spiro atoms. The van der Waals surface area contributed by atoms with Crippen molar-refractivity contribution in [2.24, 2.45) is 0 Å². The summed E-state index contributed by atoms with van der Waals surface area (Å²) in [6, 6.07) is 11.0. The predicted octanol–water partition coefficient (Wildman–Crippen LogP) is 1.90. The first-order valence-corrected chi connectivity index (χ1v) is 5.71. The standard InChI is InChI=1S/C14H15N3O/c1-10-6-7-12(9-16-10)14(18)17-8-11-4-2-3-5-13(11)15/h2-7,9H,8,15H2,1H3,(H,17,18). The number of amides is 1. The van der Waals surface area contributed by atoms with Gasteiger partial charge in [-0.3, -0.25) is 9.78 Å². The van der Waals surface area contributed by atoms with Gasteiger partial charge in [-0.15, -0.1) is 0 Å². The maximum Gasteiger partial charge on any atom is 0.253 e. The van der Waals surface area contributed by atoms with E-state index in [1.807, 2.05) is 37.3 Å². The molecule has 1 heterocycles. The third-order valence-electron chi connectivity index (χ3n) is 2.67. The highest BCUT2D eigenvalue weighted by Gasteiger charge is 2.06. The Morgan fingerprint density at radius 1 is 1.28 bits per heavy atom. The van der Waals surface area contributed by atoms with Gasteiger partial charge in [-0.1, -0.05) is 18.2 Å². The van der Waals surface area contributed by atoms with E-state index in [1.54, 1.807) is 12.3 Å². The first-order chi connectivity index (χ1) is 8.66. The van der Waals surface area contributed by atoms with Gasteiger partial charge in [-0.05, 0) is 30.7 Å². The number of carbonyl (C=O) groups is 1. The van der Waals surface area contributed by atoms with Crippen LogP contribution >= 0.6 is 0 Å². The van der Waals surface area contributed by atoms with Gasteiger partial charge in [-0.2, -0.15) is 0 Å². The molecule has 0 radical (unpaired) electrons. The fraction of sp³-hybridized carbons (Fsp3) is 0.143. The Kier molecular flexibility index (Phi) is 3.57. The van der Waals surface area contributed by atoms with Crippen molar-refractivity contribution in [2.75, 3.05) is 5.73 Å². The lowest BCUT2D eigenvalue weighted by atomic mass is 10.1. The van der Waals surface area contributed by atoms with Crippen molar-refractivity contribution in [1.82, 2.24) is 10.3 Å². The molecular formula is C14H15N3O. The molecule has 1 aromatic carbocycles. The molecule has 4 nitrogen and oxygen atoms in total. The average molecular weight is 241 g/mol. The van der Waals surface area contributed by atoms with Crippen LogP contribution in [0.5, 0.6) is 0 Å². The Hall–Kier alpha value is -2.36. The second-order valence-corrected chi connectivity index (χ2v) is 4.07. The van der Waals surface area contributed by atoms with Crippen LogP contribution in [0.3, 0.4) is 0 Å². The molecule has 1 amide bonds. The van der Waals surface area contributed by atoms with Crippen molar-refractivity contribution in [3.63, 3.8) is 0 Å². The van der Waals surface area contributed by atoms with Crippen LogP contribution in [0, 0.1) is 6.92 Å². The van der Waals surface area contributed by atoms with E-state index >= 15 is 0 Å². The molecule has 0 atom stereocenters. The van der Waals surface area contributed by atoms with Crippen LogP contribution in [0.2, 0.25) is 0 Å². The van der Waals surface area contributed by atoms with Crippen molar-refractivity contribution in [1.29, 1.82) is 0 Å². The van der Waals surface area contributed by atoms with Gasteiger partial charge in [0.15, 0.2) is 0 Å². The maximum atomic E-state index is 11.8. The van der Waals surface area contributed by atoms with Gasteiger partial charge in [0, 0.05) is 24.1 Å². The molecule has 2 aromatic rings. The van der Waals surface area contributed by atoms with Crippen molar-refractivity contribution in [3.05, 3.63) is 59.4 Å². The fourth-order valence-electron chi connectivity index (χ4n) is 1.57. The average Bonchev–Trinajstić information content (AvgIpc) is 2.38. The number of nitrogens with two attached hydrogens (primary N) is 1. The number of pyridine rings is 1. The van der Waals surface area contributed by atoms with Crippen LogP contribution in [-0.2, 0) is 6.54 Å². The molecule has 2 rings (SSSR count). The topological polar surface area (TPSA) is 68.0 Å². The van der Waals surface area contributed by atoms with Crippen molar-refractivity contribution in [3.8, 4) is 0 Å². The number of anilines is 1. The zero-order valence-corrected chi connectivity index (χ0v) is 10.2. The third-order valence-corrected chi connectivity index (χ3v) is 2.67. The zero-order chi connectivity index (χ0) is 13.0. The molecule has 18 heavy (non-hydrogen) atoms. The Morgan fingerprint density at radius 2 is 2.06 bits per heavy atom. The number of para-hydroxylation sites is 1. The van der Waals surface area contributed by atoms with Crippen LogP contribution in [0.15, 0.2) is 42.6 Å². The summed E-state index contributed by atoms with van der Waals surface area (Å²) in [7, 11) is 0. The van der Waals surface area contributed by atoms with Crippen LogP contribution in [0.1, 0.15) is 21.6 Å². The van der Waals surface area contributed by atoms with E-state index in [0.717, 1.165) is 11.3 Å². The molecule has 0 saturated carbocycles. The summed E-state index contributed by atoms with van der Waals surface area (Å²) in [5.74, 6) is -0.147. The quantitative estimate of drug-likeness (QED) is 0.806. The minimum Gasteiger partial charge on any atom is -0.398 e. The smallest absolute Gasteiger partial charge is 0.253 e. The van der Waals surface area contributed by atoms with E-state index in [4.69, 9.17) is 5.73 Å². The molecule has 0 bridgehead atoms. The molecule has 0 aliphatic rings. The second kappa shape index (κ2) is 5.31. The second-order valence-electron chi connectivity index (χ2n) is 4.07. The molecule has 0 saturated heterocycles. The number of rotatable bonds is 3. The number of aromatic nitrogens is 1. The number of nitrogens with one attached hydrogen (secondary N) is 1. The first-order valence-electron chi connectivity index (χ1n) is 5.71. The highest BCUT2D eigenvalue weighted by atomic mass is 16.1. The van der Waals surface area contributed by atoms with E-state index in [0.29, 0.717) is 17.8 Å². The summed E-state index contributed by atoms with van der Waals surface area (Å²) in [4.78, 5) is 15.9. The first kappa shape index (κ1) is 12.1. The Morgan fingerprint density at radius 3 is 2.72 bits per heavy atom. The predicted molar refractivity (Wildman–Crippen MR) is 71.0 cm³/mol. The summed E-state index contributed by atoms with van der Waals surface area (Å²) in [5.41, 5.74) is 8.83. The Balaban J connectivity index is 2.01. The van der Waals surface area contributed by atoms with Crippen LogP contribution < -0.4 is 11.1 Å². The lowest BCUT2D eigenvalue weighted by molar-refractivity contribution is 0.0950. The van der Waals surface area contributed by atoms with E-state index in [9.17, 15) is 4.79 Å². The SMILES string of the molecule is Cc1ccc(C(=O)NCc2ccccc2N)cn1. The third kappa shape index (κ3) is 2.85. The van der Waals surface area contributed by atoms with Crippen molar-refractivity contribution < 1.29 is 4.79 Å². The monoisotopic (exact) mass is 241 g/mol. The molecule has 0 aliphatic heterocycles. The summed E-state index contributed by atoms with van der Waals surface area (Å²) in [5, 5.41) is 2.82. The van der Waals surface area contributed by atoms with E-state index in [-0.39, 0.29) is 5.91 Å². The number of hydrogen-bond acceptors (Lipinski definition) is 3. The van der Waals surface area contributed by atoms with Crippen molar-refractivity contribution >= 4 is 11.6 Å². The van der Waals surface area contributed by atoms with Gasteiger partial charge in [0.1, 0.15) is 0 Å². The van der Waals surface area contributed by atoms with Gasteiger partial charge in [0.2, 0.25) is 0 Å². The van der Waals surface area contributed by atoms with Gasteiger partial charge >= 0.3 is 0 Å². The normalized spacial score (nSPS) is 10.1. The number of aryl methyl sites for hydroxylation is 1. The maximum absolute atomic E-state index is 11.8. The lowest BCUT2D eigenvalue weighted by Crippen LogP contribution is -2.23. The molecule has 0 unspecified atom stereocenters. The number of benzene rings is 1. The summed E-state index contributed by atoms with van der Waals surface area (Å²) < 4.78 is 0. The minimum absolute atomic E-state index is 0.147. The summed E-state index contributed by atoms with van der Waals surface area (Å²) in [6.07, 6.45) is 1.57.